The van der Waals surface area contributed by atoms with E-state index in [0.717, 1.165) is 28.8 Å². The maximum atomic E-state index is 6.23. The Balaban J connectivity index is 1.80. The predicted molar refractivity (Wildman–Crippen MR) is 74.4 cm³/mol. The molecule has 2 fully saturated rings. The number of hydrogen-bond acceptors (Lipinski definition) is 3. The lowest BCUT2D eigenvalue weighted by Crippen LogP contribution is -2.00. The molecule has 2 unspecified atom stereocenters. The Morgan fingerprint density at radius 1 is 1.16 bits per heavy atom. The molecule has 2 atom stereocenters. The first kappa shape index (κ1) is 11.0. The van der Waals surface area contributed by atoms with Crippen LogP contribution in [0.2, 0.25) is 0 Å². The van der Waals surface area contributed by atoms with Crippen LogP contribution in [0.4, 0.5) is 5.82 Å². The quantitative estimate of drug-likeness (QED) is 0.896. The van der Waals surface area contributed by atoms with Crippen LogP contribution < -0.4 is 5.73 Å². The van der Waals surface area contributed by atoms with E-state index in [0.29, 0.717) is 5.92 Å². The number of fused-ring (bicyclic) bond motifs is 1. The summed E-state index contributed by atoms with van der Waals surface area (Å²) in [5.41, 5.74) is 9.68. The first-order valence-corrected chi connectivity index (χ1v) is 6.97. The molecule has 2 aliphatic rings. The fraction of sp³-hybridized carbons (Fsp3) is 0.467. The van der Waals surface area contributed by atoms with Gasteiger partial charge in [-0.15, -0.1) is 0 Å². The Bertz CT molecular complexity index is 607. The number of nitrogens with zero attached hydrogens (tertiary/aromatic N) is 3. The average Bonchev–Trinajstić information content (AvgIpc) is 2.92. The lowest BCUT2D eigenvalue weighted by Gasteiger charge is -2.11. The molecule has 2 N–H and O–H groups in total. The topological polar surface area (TPSA) is 56.7 Å². The van der Waals surface area contributed by atoms with Crippen molar-refractivity contribution < 1.29 is 0 Å². The van der Waals surface area contributed by atoms with E-state index >= 15 is 0 Å². The number of pyridine rings is 1. The van der Waals surface area contributed by atoms with Gasteiger partial charge >= 0.3 is 0 Å². The summed E-state index contributed by atoms with van der Waals surface area (Å²) in [5, 5.41) is 4.69. The van der Waals surface area contributed by atoms with Crippen LogP contribution in [0.1, 0.15) is 30.9 Å². The SMILES string of the molecule is Cn1nc(C2CC3CC3C2)c(-c2ccncc2)c1N. The normalized spacial score (nSPS) is 28.4. The van der Waals surface area contributed by atoms with Crippen molar-refractivity contribution in [2.75, 3.05) is 5.73 Å². The van der Waals surface area contributed by atoms with Crippen LogP contribution >= 0.6 is 0 Å². The fourth-order valence-corrected chi connectivity index (χ4v) is 3.60. The summed E-state index contributed by atoms with van der Waals surface area (Å²) in [6, 6.07) is 4.04. The Labute approximate surface area is 112 Å². The molecule has 2 saturated carbocycles. The summed E-state index contributed by atoms with van der Waals surface area (Å²) in [6.07, 6.45) is 7.65. The zero-order chi connectivity index (χ0) is 13.0. The lowest BCUT2D eigenvalue weighted by molar-refractivity contribution is 0.594. The average molecular weight is 254 g/mol. The molecule has 98 valence electrons. The summed E-state index contributed by atoms with van der Waals surface area (Å²) in [7, 11) is 1.93. The van der Waals surface area contributed by atoms with E-state index < -0.39 is 0 Å². The third-order valence-corrected chi connectivity index (χ3v) is 4.72. The smallest absolute Gasteiger partial charge is 0.129 e. The highest BCUT2D eigenvalue weighted by molar-refractivity contribution is 5.77. The van der Waals surface area contributed by atoms with E-state index in [-0.39, 0.29) is 0 Å². The zero-order valence-corrected chi connectivity index (χ0v) is 11.1. The summed E-state index contributed by atoms with van der Waals surface area (Å²) in [5.74, 6) is 3.27. The van der Waals surface area contributed by atoms with E-state index in [2.05, 4.69) is 4.98 Å². The highest BCUT2D eigenvalue weighted by Crippen LogP contribution is 2.58. The van der Waals surface area contributed by atoms with Crippen molar-refractivity contribution in [3.8, 4) is 11.1 Å². The third kappa shape index (κ3) is 1.66. The minimum atomic E-state index is 0.593. The molecule has 4 nitrogen and oxygen atoms in total. The summed E-state index contributed by atoms with van der Waals surface area (Å²) in [6.45, 7) is 0. The maximum absolute atomic E-state index is 6.23. The van der Waals surface area contributed by atoms with Gasteiger partial charge in [-0.25, -0.2) is 0 Å². The number of aromatic nitrogens is 3. The summed E-state index contributed by atoms with van der Waals surface area (Å²) < 4.78 is 1.81. The van der Waals surface area contributed by atoms with Crippen LogP contribution in [-0.4, -0.2) is 14.8 Å². The highest BCUT2D eigenvalue weighted by atomic mass is 15.3. The number of nitrogen functional groups attached to an aromatic ring is 1. The Kier molecular flexibility index (Phi) is 2.22. The Morgan fingerprint density at radius 2 is 1.84 bits per heavy atom. The standard InChI is InChI=1S/C15H18N4/c1-19-15(16)13(9-2-4-17-5-3-9)14(18-19)12-7-10-6-11(10)8-12/h2-5,10-12H,6-8,16H2,1H3. The molecule has 0 amide bonds. The van der Waals surface area contributed by atoms with Crippen molar-refractivity contribution >= 4 is 5.82 Å². The number of anilines is 1. The molecule has 0 spiro atoms. The molecule has 0 saturated heterocycles. The largest absolute Gasteiger partial charge is 0.383 e. The van der Waals surface area contributed by atoms with Crippen LogP contribution in [0.25, 0.3) is 11.1 Å². The van der Waals surface area contributed by atoms with Gasteiger partial charge in [0.1, 0.15) is 5.82 Å². The van der Waals surface area contributed by atoms with Crippen molar-refractivity contribution in [1.29, 1.82) is 0 Å². The zero-order valence-electron chi connectivity index (χ0n) is 11.1. The molecule has 0 radical (unpaired) electrons. The van der Waals surface area contributed by atoms with Gasteiger partial charge in [0, 0.05) is 30.9 Å². The second-order valence-electron chi connectivity index (χ2n) is 5.93. The number of hydrogen-bond donors (Lipinski definition) is 1. The molecule has 19 heavy (non-hydrogen) atoms. The molecule has 2 heterocycles. The first-order valence-electron chi connectivity index (χ1n) is 6.97. The fourth-order valence-electron chi connectivity index (χ4n) is 3.60. The van der Waals surface area contributed by atoms with Gasteiger partial charge in [0.05, 0.1) is 5.69 Å². The number of rotatable bonds is 2. The molecular weight excluding hydrogens is 236 g/mol. The lowest BCUT2D eigenvalue weighted by atomic mass is 9.93. The van der Waals surface area contributed by atoms with E-state index in [1.165, 1.54) is 25.0 Å². The molecule has 4 heteroatoms. The Morgan fingerprint density at radius 3 is 2.53 bits per heavy atom. The predicted octanol–water partition coefficient (Wildman–Crippen LogP) is 2.58. The minimum Gasteiger partial charge on any atom is -0.383 e. The number of nitrogens with two attached hydrogens (primary N) is 1. The van der Waals surface area contributed by atoms with Crippen molar-refractivity contribution in [3.05, 3.63) is 30.2 Å². The molecule has 0 bridgehead atoms. The van der Waals surface area contributed by atoms with Gasteiger partial charge in [-0.2, -0.15) is 5.10 Å². The minimum absolute atomic E-state index is 0.593. The molecule has 2 aromatic rings. The van der Waals surface area contributed by atoms with Crippen LogP contribution in [-0.2, 0) is 7.05 Å². The van der Waals surface area contributed by atoms with E-state index in [1.807, 2.05) is 36.3 Å². The second kappa shape index (κ2) is 3.83. The summed E-state index contributed by atoms with van der Waals surface area (Å²) >= 11 is 0. The van der Waals surface area contributed by atoms with Gasteiger partial charge in [-0.3, -0.25) is 9.67 Å². The third-order valence-electron chi connectivity index (χ3n) is 4.72. The Hall–Kier alpha value is -1.84. The molecule has 0 aliphatic heterocycles. The van der Waals surface area contributed by atoms with Gasteiger partial charge in [0.25, 0.3) is 0 Å². The molecule has 2 aliphatic carbocycles. The first-order chi connectivity index (χ1) is 9.24. The van der Waals surface area contributed by atoms with Crippen molar-refractivity contribution in [2.24, 2.45) is 18.9 Å². The molecule has 0 aromatic carbocycles. The van der Waals surface area contributed by atoms with Crippen LogP contribution in [0.15, 0.2) is 24.5 Å². The second-order valence-corrected chi connectivity index (χ2v) is 5.93. The molecule has 2 aromatic heterocycles. The van der Waals surface area contributed by atoms with E-state index in [9.17, 15) is 0 Å². The molecule has 4 rings (SSSR count). The van der Waals surface area contributed by atoms with Crippen LogP contribution in [0, 0.1) is 11.8 Å². The highest BCUT2D eigenvalue weighted by Gasteiger charge is 2.47. The maximum Gasteiger partial charge on any atom is 0.129 e. The van der Waals surface area contributed by atoms with Crippen LogP contribution in [0.5, 0.6) is 0 Å². The van der Waals surface area contributed by atoms with Gasteiger partial charge < -0.3 is 5.73 Å². The van der Waals surface area contributed by atoms with Gasteiger partial charge in [-0.05, 0) is 48.8 Å². The van der Waals surface area contributed by atoms with Crippen molar-refractivity contribution in [2.45, 2.75) is 25.2 Å². The van der Waals surface area contributed by atoms with Gasteiger partial charge in [0.15, 0.2) is 0 Å². The van der Waals surface area contributed by atoms with Crippen molar-refractivity contribution in [3.63, 3.8) is 0 Å². The van der Waals surface area contributed by atoms with E-state index in [4.69, 9.17) is 10.8 Å². The van der Waals surface area contributed by atoms with Gasteiger partial charge in [-0.1, -0.05) is 0 Å². The monoisotopic (exact) mass is 254 g/mol. The van der Waals surface area contributed by atoms with Crippen LogP contribution in [0.3, 0.4) is 0 Å². The van der Waals surface area contributed by atoms with E-state index in [1.54, 1.807) is 0 Å². The molecular formula is C15H18N4. The van der Waals surface area contributed by atoms with Crippen molar-refractivity contribution in [1.82, 2.24) is 14.8 Å². The van der Waals surface area contributed by atoms with Gasteiger partial charge in [0.2, 0.25) is 0 Å². The summed E-state index contributed by atoms with van der Waals surface area (Å²) in [4.78, 5) is 4.09. The number of aryl methyl sites for hydroxylation is 1.